The van der Waals surface area contributed by atoms with E-state index in [0.717, 1.165) is 23.9 Å². The van der Waals surface area contributed by atoms with Gasteiger partial charge < -0.3 is 29.1 Å². The molecule has 0 saturated carbocycles. The van der Waals surface area contributed by atoms with Crippen molar-refractivity contribution in [3.8, 4) is 11.8 Å². The number of ether oxygens (including phenoxy) is 2. The third-order valence-corrected chi connectivity index (χ3v) is 8.63. The number of likely N-dealkylation sites (tertiary alicyclic amines) is 1. The van der Waals surface area contributed by atoms with E-state index in [1.807, 2.05) is 11.1 Å². The molecule has 2 saturated heterocycles. The molecule has 1 amide bonds. The second-order valence-electron chi connectivity index (χ2n) is 11.1. The maximum Gasteiger partial charge on any atom is 0.320 e. The lowest BCUT2D eigenvalue weighted by atomic mass is 9.92. The number of aromatic amines is 1. The molecule has 3 aliphatic heterocycles. The second-order valence-corrected chi connectivity index (χ2v) is 11.1. The molecule has 2 aromatic heterocycles. The standard InChI is InChI=1S/C29H38N8O3/c1-6-23(38)36-12-14-37(15-13-36)28-26-27(31-29(32-28)39-17-20-8-7-11-34(20)4)35(5)25(19(3)40-26)24-18(2)9-10-22-21(24)16-30-33-22/h6,9-10,16,19-20,25H,1,7-8,11-15,17H2,2-5H3,(H,30,33)/t19-,20-,25?/m0/s1. The molecule has 212 valence electrons. The molecule has 1 N–H and O–H groups in total. The SMILES string of the molecule is C=CC(=O)N1CCN(c2nc(OC[C@@H]3CCCN3C)nc3c2O[C@@H](C)C(c2c(C)ccc4[nH]ncc24)N3C)CC1. The third-order valence-electron chi connectivity index (χ3n) is 8.63. The summed E-state index contributed by atoms with van der Waals surface area (Å²) >= 11 is 0. The summed E-state index contributed by atoms with van der Waals surface area (Å²) in [4.78, 5) is 30.5. The minimum Gasteiger partial charge on any atom is -0.481 e. The van der Waals surface area contributed by atoms with Crippen molar-refractivity contribution in [1.29, 1.82) is 0 Å². The number of aryl methyl sites for hydroxylation is 1. The molecule has 5 heterocycles. The highest BCUT2D eigenvalue weighted by Gasteiger charge is 2.39. The zero-order valence-corrected chi connectivity index (χ0v) is 23.8. The Morgan fingerprint density at radius 2 is 1.95 bits per heavy atom. The van der Waals surface area contributed by atoms with Crippen molar-refractivity contribution in [3.63, 3.8) is 0 Å². The van der Waals surface area contributed by atoms with Crippen LogP contribution in [0.2, 0.25) is 0 Å². The molecule has 3 atom stereocenters. The van der Waals surface area contributed by atoms with Gasteiger partial charge in [-0.3, -0.25) is 9.89 Å². The molecule has 0 aliphatic carbocycles. The number of carbonyl (C=O) groups is 1. The number of nitrogens with one attached hydrogen (secondary N) is 1. The zero-order chi connectivity index (χ0) is 28.0. The van der Waals surface area contributed by atoms with E-state index in [-0.39, 0.29) is 18.1 Å². The maximum atomic E-state index is 12.2. The van der Waals surface area contributed by atoms with E-state index in [0.29, 0.717) is 62.2 Å². The highest BCUT2D eigenvalue weighted by atomic mass is 16.5. The van der Waals surface area contributed by atoms with Crippen molar-refractivity contribution in [2.75, 3.05) is 63.2 Å². The first-order chi connectivity index (χ1) is 19.4. The van der Waals surface area contributed by atoms with Crippen molar-refractivity contribution >= 4 is 28.4 Å². The highest BCUT2D eigenvalue weighted by molar-refractivity contribution is 5.87. The summed E-state index contributed by atoms with van der Waals surface area (Å²) in [5.74, 6) is 2.01. The molecule has 3 aliphatic rings. The van der Waals surface area contributed by atoms with Gasteiger partial charge in [-0.15, -0.1) is 0 Å². The number of rotatable bonds is 6. The molecule has 1 unspecified atom stereocenters. The van der Waals surface area contributed by atoms with E-state index in [9.17, 15) is 4.79 Å². The van der Waals surface area contributed by atoms with Gasteiger partial charge in [-0.05, 0) is 63.6 Å². The molecule has 2 fully saturated rings. The van der Waals surface area contributed by atoms with Crippen LogP contribution in [0.3, 0.4) is 0 Å². The highest BCUT2D eigenvalue weighted by Crippen LogP contribution is 2.47. The van der Waals surface area contributed by atoms with Crippen LogP contribution >= 0.6 is 0 Å². The Bertz CT molecular complexity index is 1420. The molecule has 11 nitrogen and oxygen atoms in total. The number of aromatic nitrogens is 4. The Hall–Kier alpha value is -3.86. The summed E-state index contributed by atoms with van der Waals surface area (Å²) in [7, 11) is 4.20. The van der Waals surface area contributed by atoms with Crippen molar-refractivity contribution < 1.29 is 14.3 Å². The number of fused-ring (bicyclic) bond motifs is 2. The van der Waals surface area contributed by atoms with Crippen LogP contribution in [0.15, 0.2) is 31.0 Å². The lowest BCUT2D eigenvalue weighted by Crippen LogP contribution is -2.49. The van der Waals surface area contributed by atoms with Crippen LogP contribution in [-0.4, -0.2) is 101 Å². The van der Waals surface area contributed by atoms with E-state index in [4.69, 9.17) is 19.4 Å². The largest absolute Gasteiger partial charge is 0.481 e. The number of likely N-dealkylation sites (N-methyl/N-ethyl adjacent to an activating group) is 2. The monoisotopic (exact) mass is 546 g/mol. The fraction of sp³-hybridized carbons (Fsp3) is 0.517. The van der Waals surface area contributed by atoms with Crippen LogP contribution in [0.5, 0.6) is 11.8 Å². The summed E-state index contributed by atoms with van der Waals surface area (Å²) in [5, 5.41) is 8.48. The van der Waals surface area contributed by atoms with E-state index in [1.54, 1.807) is 0 Å². The van der Waals surface area contributed by atoms with Gasteiger partial charge in [0.2, 0.25) is 11.7 Å². The minimum atomic E-state index is -0.179. The molecule has 0 bridgehead atoms. The van der Waals surface area contributed by atoms with E-state index >= 15 is 0 Å². The van der Waals surface area contributed by atoms with Gasteiger partial charge in [-0.1, -0.05) is 12.6 Å². The lowest BCUT2D eigenvalue weighted by molar-refractivity contribution is -0.126. The predicted molar refractivity (Wildman–Crippen MR) is 154 cm³/mol. The topological polar surface area (TPSA) is 103 Å². The van der Waals surface area contributed by atoms with Gasteiger partial charge in [0.25, 0.3) is 0 Å². The Morgan fingerprint density at radius 1 is 1.18 bits per heavy atom. The zero-order valence-electron chi connectivity index (χ0n) is 23.8. The Kier molecular flexibility index (Phi) is 6.99. The maximum absolute atomic E-state index is 12.2. The van der Waals surface area contributed by atoms with Gasteiger partial charge in [0, 0.05) is 44.7 Å². The number of hydrogen-bond donors (Lipinski definition) is 1. The summed E-state index contributed by atoms with van der Waals surface area (Å²) in [5.41, 5.74) is 3.33. The number of piperazine rings is 1. The van der Waals surface area contributed by atoms with E-state index in [2.05, 4.69) is 71.6 Å². The number of amides is 1. The van der Waals surface area contributed by atoms with E-state index < -0.39 is 0 Å². The number of hydrogen-bond acceptors (Lipinski definition) is 9. The van der Waals surface area contributed by atoms with Crippen LogP contribution in [0.25, 0.3) is 10.9 Å². The first-order valence-corrected chi connectivity index (χ1v) is 14.1. The molecule has 1 aromatic carbocycles. The Morgan fingerprint density at radius 3 is 2.67 bits per heavy atom. The van der Waals surface area contributed by atoms with Crippen LogP contribution in [-0.2, 0) is 4.79 Å². The van der Waals surface area contributed by atoms with Crippen LogP contribution < -0.4 is 19.3 Å². The number of nitrogens with zero attached hydrogens (tertiary/aromatic N) is 7. The number of anilines is 2. The number of carbonyl (C=O) groups excluding carboxylic acids is 1. The lowest BCUT2D eigenvalue weighted by Gasteiger charge is -2.42. The first-order valence-electron chi connectivity index (χ1n) is 14.1. The van der Waals surface area contributed by atoms with Crippen molar-refractivity contribution in [1.82, 2.24) is 30.0 Å². The predicted octanol–water partition coefficient (Wildman–Crippen LogP) is 2.93. The summed E-state index contributed by atoms with van der Waals surface area (Å²) in [6.45, 7) is 11.9. The van der Waals surface area contributed by atoms with E-state index in [1.165, 1.54) is 23.6 Å². The molecule has 11 heteroatoms. The Balaban J connectivity index is 1.37. The average Bonchev–Trinajstić information content (AvgIpc) is 3.61. The quantitative estimate of drug-likeness (QED) is 0.468. The molecule has 3 aromatic rings. The number of H-pyrrole nitrogens is 1. The van der Waals surface area contributed by atoms with Gasteiger partial charge in [0.05, 0.1) is 17.8 Å². The van der Waals surface area contributed by atoms with Crippen LogP contribution in [0, 0.1) is 6.92 Å². The molecule has 40 heavy (non-hydrogen) atoms. The van der Waals surface area contributed by atoms with Crippen molar-refractivity contribution in [2.24, 2.45) is 0 Å². The van der Waals surface area contributed by atoms with Gasteiger partial charge in [0.1, 0.15) is 12.7 Å². The van der Waals surface area contributed by atoms with Crippen LogP contribution in [0.1, 0.15) is 36.9 Å². The third kappa shape index (κ3) is 4.61. The molecule has 0 spiro atoms. The van der Waals surface area contributed by atoms with Crippen molar-refractivity contribution in [3.05, 3.63) is 42.1 Å². The fourth-order valence-electron chi connectivity index (χ4n) is 6.33. The minimum absolute atomic E-state index is 0.0506. The smallest absolute Gasteiger partial charge is 0.320 e. The first kappa shape index (κ1) is 26.4. The van der Waals surface area contributed by atoms with Gasteiger partial charge in [0.15, 0.2) is 11.6 Å². The Labute approximate surface area is 234 Å². The normalized spacial score (nSPS) is 23.3. The molecule has 0 radical (unpaired) electrons. The fourth-order valence-corrected chi connectivity index (χ4v) is 6.33. The molecular weight excluding hydrogens is 508 g/mol. The molecule has 6 rings (SSSR count). The van der Waals surface area contributed by atoms with Gasteiger partial charge >= 0.3 is 6.01 Å². The number of benzene rings is 1. The van der Waals surface area contributed by atoms with Gasteiger partial charge in [-0.25, -0.2) is 0 Å². The van der Waals surface area contributed by atoms with Gasteiger partial charge in [-0.2, -0.15) is 15.1 Å². The van der Waals surface area contributed by atoms with Crippen molar-refractivity contribution in [2.45, 2.75) is 44.9 Å². The summed E-state index contributed by atoms with van der Waals surface area (Å²) in [6.07, 6.45) is 5.35. The summed E-state index contributed by atoms with van der Waals surface area (Å²) in [6, 6.07) is 4.79. The second kappa shape index (κ2) is 10.6. The summed E-state index contributed by atoms with van der Waals surface area (Å²) < 4.78 is 12.9. The average molecular weight is 547 g/mol. The molecular formula is C29H38N8O3. The van der Waals surface area contributed by atoms with Crippen LogP contribution in [0.4, 0.5) is 11.6 Å².